The number of hydrogen-bond acceptors (Lipinski definition) is 3. The zero-order chi connectivity index (χ0) is 11.4. The summed E-state index contributed by atoms with van der Waals surface area (Å²) in [6, 6.07) is 2.50. The first-order chi connectivity index (χ1) is 7.79. The number of ether oxygens (including phenoxy) is 1. The van der Waals surface area contributed by atoms with Crippen LogP contribution in [0.25, 0.3) is 0 Å². The molecule has 16 heavy (non-hydrogen) atoms. The van der Waals surface area contributed by atoms with Crippen molar-refractivity contribution in [3.05, 3.63) is 18.5 Å². The first kappa shape index (κ1) is 11.0. The van der Waals surface area contributed by atoms with Gasteiger partial charge in [-0.3, -0.25) is 4.79 Å². The number of esters is 1. The molecule has 0 spiro atoms. The molecule has 0 aliphatic heterocycles. The predicted molar refractivity (Wildman–Crippen MR) is 62.2 cm³/mol. The number of aromatic amines is 1. The number of nitrogens with one attached hydrogen (secondary N) is 2. The maximum absolute atomic E-state index is 11.3. The van der Waals surface area contributed by atoms with Crippen molar-refractivity contribution in [2.45, 2.75) is 31.7 Å². The summed E-state index contributed by atoms with van der Waals surface area (Å²) in [4.78, 5) is 14.4. The third-order valence-corrected chi connectivity index (χ3v) is 3.23. The van der Waals surface area contributed by atoms with Crippen molar-refractivity contribution in [1.29, 1.82) is 0 Å². The lowest BCUT2D eigenvalue weighted by Gasteiger charge is -2.27. The molecule has 1 saturated carbocycles. The van der Waals surface area contributed by atoms with Gasteiger partial charge in [-0.15, -0.1) is 0 Å². The lowest BCUT2D eigenvalue weighted by atomic mass is 9.86. The molecule has 88 valence electrons. The minimum atomic E-state index is -0.0555. The van der Waals surface area contributed by atoms with Gasteiger partial charge in [0.05, 0.1) is 18.7 Å². The average Bonchev–Trinajstić information content (AvgIpc) is 2.82. The van der Waals surface area contributed by atoms with Crippen LogP contribution in [0.1, 0.15) is 25.7 Å². The summed E-state index contributed by atoms with van der Waals surface area (Å²) >= 11 is 0. The van der Waals surface area contributed by atoms with Crippen LogP contribution in [-0.4, -0.2) is 24.1 Å². The van der Waals surface area contributed by atoms with Gasteiger partial charge in [-0.1, -0.05) is 0 Å². The maximum Gasteiger partial charge on any atom is 0.308 e. The Morgan fingerprint density at radius 1 is 1.44 bits per heavy atom. The second-order valence-corrected chi connectivity index (χ2v) is 4.32. The summed E-state index contributed by atoms with van der Waals surface area (Å²) in [6.45, 7) is 0. The normalized spacial score (nSPS) is 25.1. The Labute approximate surface area is 95.4 Å². The topological polar surface area (TPSA) is 54.1 Å². The Kier molecular flexibility index (Phi) is 3.49. The van der Waals surface area contributed by atoms with E-state index in [1.807, 2.05) is 18.5 Å². The first-order valence-corrected chi connectivity index (χ1v) is 5.76. The van der Waals surface area contributed by atoms with E-state index in [0.717, 1.165) is 31.4 Å². The maximum atomic E-state index is 11.3. The van der Waals surface area contributed by atoms with Gasteiger partial charge in [0.1, 0.15) is 0 Å². The van der Waals surface area contributed by atoms with Crippen LogP contribution in [0.2, 0.25) is 0 Å². The van der Waals surface area contributed by atoms with Crippen molar-refractivity contribution in [2.24, 2.45) is 5.92 Å². The summed E-state index contributed by atoms with van der Waals surface area (Å²) < 4.78 is 4.77. The fourth-order valence-electron chi connectivity index (χ4n) is 2.29. The second-order valence-electron chi connectivity index (χ2n) is 4.32. The third kappa shape index (κ3) is 2.56. The fraction of sp³-hybridized carbons (Fsp3) is 0.583. The van der Waals surface area contributed by atoms with Gasteiger partial charge in [-0.2, -0.15) is 0 Å². The van der Waals surface area contributed by atoms with E-state index in [-0.39, 0.29) is 11.9 Å². The Morgan fingerprint density at radius 2 is 2.19 bits per heavy atom. The van der Waals surface area contributed by atoms with E-state index in [2.05, 4.69) is 10.3 Å². The highest BCUT2D eigenvalue weighted by Crippen LogP contribution is 2.27. The largest absolute Gasteiger partial charge is 0.469 e. The summed E-state index contributed by atoms with van der Waals surface area (Å²) in [7, 11) is 1.46. The molecule has 0 radical (unpaired) electrons. The Balaban J connectivity index is 1.79. The monoisotopic (exact) mass is 222 g/mol. The Hall–Kier alpha value is -1.45. The molecule has 4 nitrogen and oxygen atoms in total. The summed E-state index contributed by atoms with van der Waals surface area (Å²) in [5.41, 5.74) is 1.13. The molecule has 0 unspecified atom stereocenters. The number of methoxy groups -OCH3 is 1. The van der Waals surface area contributed by atoms with E-state index in [4.69, 9.17) is 4.74 Å². The zero-order valence-corrected chi connectivity index (χ0v) is 9.53. The predicted octanol–water partition coefficient (Wildman–Crippen LogP) is 2.16. The van der Waals surface area contributed by atoms with Gasteiger partial charge in [-0.25, -0.2) is 0 Å². The molecule has 2 rings (SSSR count). The minimum absolute atomic E-state index is 0.0555. The fourth-order valence-corrected chi connectivity index (χ4v) is 2.29. The van der Waals surface area contributed by atoms with Crippen molar-refractivity contribution in [3.63, 3.8) is 0 Å². The molecule has 1 fully saturated rings. The van der Waals surface area contributed by atoms with Crippen LogP contribution in [-0.2, 0) is 9.53 Å². The number of anilines is 1. The van der Waals surface area contributed by atoms with Gasteiger partial charge in [0, 0.05) is 18.4 Å². The van der Waals surface area contributed by atoms with Crippen LogP contribution in [0.15, 0.2) is 18.5 Å². The van der Waals surface area contributed by atoms with E-state index in [9.17, 15) is 4.79 Å². The molecule has 0 aromatic carbocycles. The molecule has 4 heteroatoms. The van der Waals surface area contributed by atoms with Gasteiger partial charge in [0.15, 0.2) is 0 Å². The van der Waals surface area contributed by atoms with E-state index < -0.39 is 0 Å². The van der Waals surface area contributed by atoms with E-state index in [1.165, 1.54) is 7.11 Å². The van der Waals surface area contributed by atoms with Crippen LogP contribution in [0.4, 0.5) is 5.69 Å². The van der Waals surface area contributed by atoms with Gasteiger partial charge >= 0.3 is 5.97 Å². The van der Waals surface area contributed by atoms with E-state index in [1.54, 1.807) is 0 Å². The average molecular weight is 222 g/mol. The van der Waals surface area contributed by atoms with Crippen molar-refractivity contribution in [3.8, 4) is 0 Å². The third-order valence-electron chi connectivity index (χ3n) is 3.23. The SMILES string of the molecule is COC(=O)C1CCC(Nc2cc[nH]c2)CC1. The smallest absolute Gasteiger partial charge is 0.308 e. The number of carbonyl (C=O) groups excluding carboxylic acids is 1. The van der Waals surface area contributed by atoms with Crippen LogP contribution < -0.4 is 5.32 Å². The molecule has 2 N–H and O–H groups in total. The molecule has 0 atom stereocenters. The Bertz CT molecular complexity index is 327. The van der Waals surface area contributed by atoms with Crippen LogP contribution >= 0.6 is 0 Å². The first-order valence-electron chi connectivity index (χ1n) is 5.76. The molecular formula is C12H18N2O2. The standard InChI is InChI=1S/C12H18N2O2/c1-16-12(15)9-2-4-10(5-3-9)14-11-6-7-13-8-11/h6-10,13-14H,2-5H2,1H3. The molecule has 1 aliphatic rings. The summed E-state index contributed by atoms with van der Waals surface area (Å²) in [5, 5.41) is 3.45. The molecule has 1 aromatic heterocycles. The number of H-pyrrole nitrogens is 1. The summed E-state index contributed by atoms with van der Waals surface area (Å²) in [5.74, 6) is 0.0503. The number of carbonyl (C=O) groups is 1. The van der Waals surface area contributed by atoms with Gasteiger partial charge in [0.2, 0.25) is 0 Å². The summed E-state index contributed by atoms with van der Waals surface area (Å²) in [6.07, 6.45) is 7.77. The lowest BCUT2D eigenvalue weighted by Crippen LogP contribution is -2.29. The zero-order valence-electron chi connectivity index (χ0n) is 9.53. The number of rotatable bonds is 3. The minimum Gasteiger partial charge on any atom is -0.469 e. The molecule has 1 aliphatic carbocycles. The van der Waals surface area contributed by atoms with Crippen molar-refractivity contribution in [2.75, 3.05) is 12.4 Å². The molecule has 0 bridgehead atoms. The lowest BCUT2D eigenvalue weighted by molar-refractivity contribution is -0.146. The van der Waals surface area contributed by atoms with Gasteiger partial charge in [0.25, 0.3) is 0 Å². The second kappa shape index (κ2) is 5.05. The number of aromatic nitrogens is 1. The van der Waals surface area contributed by atoms with Crippen molar-refractivity contribution in [1.82, 2.24) is 4.98 Å². The quantitative estimate of drug-likeness (QED) is 0.770. The molecule has 0 saturated heterocycles. The van der Waals surface area contributed by atoms with Crippen LogP contribution in [0.5, 0.6) is 0 Å². The van der Waals surface area contributed by atoms with Gasteiger partial charge in [-0.05, 0) is 31.7 Å². The van der Waals surface area contributed by atoms with E-state index in [0.29, 0.717) is 6.04 Å². The molecule has 1 aromatic rings. The Morgan fingerprint density at radius 3 is 2.75 bits per heavy atom. The van der Waals surface area contributed by atoms with Crippen LogP contribution in [0.3, 0.4) is 0 Å². The number of hydrogen-bond donors (Lipinski definition) is 2. The van der Waals surface area contributed by atoms with Crippen molar-refractivity contribution < 1.29 is 9.53 Å². The highest BCUT2D eigenvalue weighted by Gasteiger charge is 2.26. The molecule has 1 heterocycles. The van der Waals surface area contributed by atoms with Crippen molar-refractivity contribution >= 4 is 11.7 Å². The van der Waals surface area contributed by atoms with Crippen LogP contribution in [0, 0.1) is 5.92 Å². The van der Waals surface area contributed by atoms with E-state index >= 15 is 0 Å². The highest BCUT2D eigenvalue weighted by molar-refractivity contribution is 5.72. The van der Waals surface area contributed by atoms with Gasteiger partial charge < -0.3 is 15.0 Å². The highest BCUT2D eigenvalue weighted by atomic mass is 16.5. The molecular weight excluding hydrogens is 204 g/mol. The molecule has 0 amide bonds.